The van der Waals surface area contributed by atoms with Gasteiger partial charge in [-0.05, 0) is 37.5 Å². The van der Waals surface area contributed by atoms with Gasteiger partial charge in [-0.25, -0.2) is 0 Å². The Morgan fingerprint density at radius 1 is 1.47 bits per heavy atom. The Bertz CT molecular complexity index is 463. The third kappa shape index (κ3) is 5.01. The topological polar surface area (TPSA) is 62.1 Å². The fraction of sp³-hybridized carbons (Fsp3) is 0.467. The quantitative estimate of drug-likeness (QED) is 0.855. The van der Waals surface area contributed by atoms with Crippen molar-refractivity contribution in [3.05, 3.63) is 29.8 Å². The first-order valence-electron chi connectivity index (χ1n) is 6.50. The number of hydrogen-bond donors (Lipinski definition) is 1. The van der Waals surface area contributed by atoms with Crippen LogP contribution in [0.4, 0.5) is 0 Å². The average Bonchev–Trinajstić information content (AvgIpc) is 2.38. The molecule has 0 bridgehead atoms. The molecule has 1 rings (SSSR count). The second-order valence-electron chi connectivity index (χ2n) is 4.75. The van der Waals surface area contributed by atoms with Crippen LogP contribution in [0.3, 0.4) is 0 Å². The summed E-state index contributed by atoms with van der Waals surface area (Å²) in [6, 6.07) is 8.62. The maximum atomic E-state index is 12.0. The summed E-state index contributed by atoms with van der Waals surface area (Å²) in [4.78, 5) is 12.0. The third-order valence-electron chi connectivity index (χ3n) is 2.58. The van der Waals surface area contributed by atoms with Crippen LogP contribution in [-0.4, -0.2) is 18.6 Å². The maximum absolute atomic E-state index is 12.0. The standard InChI is InChI=1S/C15H20N2O2/c1-4-19-14-7-5-6-12(9-14)15(18)17-13(10-16)8-11(2)3/h5-7,9,11,13H,4,8H2,1-3H3,(H,17,18). The zero-order valence-electron chi connectivity index (χ0n) is 11.6. The molecule has 0 aliphatic rings. The molecule has 1 atom stereocenters. The zero-order valence-corrected chi connectivity index (χ0v) is 11.6. The Balaban J connectivity index is 2.72. The molecule has 0 aromatic heterocycles. The zero-order chi connectivity index (χ0) is 14.3. The van der Waals surface area contributed by atoms with Gasteiger partial charge in [-0.1, -0.05) is 19.9 Å². The van der Waals surface area contributed by atoms with Crippen LogP contribution < -0.4 is 10.1 Å². The number of rotatable bonds is 6. The molecule has 4 nitrogen and oxygen atoms in total. The number of nitriles is 1. The van der Waals surface area contributed by atoms with Crippen LogP contribution in [-0.2, 0) is 0 Å². The summed E-state index contributed by atoms with van der Waals surface area (Å²) >= 11 is 0. The lowest BCUT2D eigenvalue weighted by Gasteiger charge is -2.14. The predicted octanol–water partition coefficient (Wildman–Crippen LogP) is 2.75. The normalized spacial score (nSPS) is 11.7. The van der Waals surface area contributed by atoms with Crippen molar-refractivity contribution in [2.75, 3.05) is 6.61 Å². The molecule has 0 spiro atoms. The van der Waals surface area contributed by atoms with E-state index < -0.39 is 6.04 Å². The molecule has 0 saturated heterocycles. The molecule has 102 valence electrons. The van der Waals surface area contributed by atoms with Crippen LogP contribution in [0.15, 0.2) is 24.3 Å². The van der Waals surface area contributed by atoms with Crippen molar-refractivity contribution in [3.63, 3.8) is 0 Å². The fourth-order valence-corrected chi connectivity index (χ4v) is 1.75. The minimum Gasteiger partial charge on any atom is -0.494 e. The molecular weight excluding hydrogens is 240 g/mol. The van der Waals surface area contributed by atoms with E-state index in [1.165, 1.54) is 0 Å². The summed E-state index contributed by atoms with van der Waals surface area (Å²) in [5.74, 6) is 0.779. The van der Waals surface area contributed by atoms with E-state index >= 15 is 0 Å². The van der Waals surface area contributed by atoms with Crippen molar-refractivity contribution in [1.29, 1.82) is 5.26 Å². The Hall–Kier alpha value is -2.02. The highest BCUT2D eigenvalue weighted by atomic mass is 16.5. The van der Waals surface area contributed by atoms with Gasteiger partial charge in [0.1, 0.15) is 11.8 Å². The van der Waals surface area contributed by atoms with Gasteiger partial charge in [0.2, 0.25) is 0 Å². The summed E-state index contributed by atoms with van der Waals surface area (Å²) in [6.07, 6.45) is 0.646. The number of hydrogen-bond acceptors (Lipinski definition) is 3. The van der Waals surface area contributed by atoms with Crippen molar-refractivity contribution >= 4 is 5.91 Å². The molecule has 0 saturated carbocycles. The molecule has 0 radical (unpaired) electrons. The van der Waals surface area contributed by atoms with Gasteiger partial charge in [-0.3, -0.25) is 4.79 Å². The average molecular weight is 260 g/mol. The van der Waals surface area contributed by atoms with Gasteiger partial charge < -0.3 is 10.1 Å². The van der Waals surface area contributed by atoms with E-state index in [9.17, 15) is 4.79 Å². The number of benzene rings is 1. The molecule has 4 heteroatoms. The number of carbonyl (C=O) groups is 1. The second-order valence-corrected chi connectivity index (χ2v) is 4.75. The first kappa shape index (κ1) is 15.0. The van der Waals surface area contributed by atoms with Crippen molar-refractivity contribution in [2.24, 2.45) is 5.92 Å². The Kier molecular flexibility index (Phi) is 5.87. The molecule has 19 heavy (non-hydrogen) atoms. The molecule has 0 aliphatic carbocycles. The van der Waals surface area contributed by atoms with Crippen LogP contribution in [0.25, 0.3) is 0 Å². The number of nitrogens with zero attached hydrogens (tertiary/aromatic N) is 1. The van der Waals surface area contributed by atoms with Crippen LogP contribution >= 0.6 is 0 Å². The van der Waals surface area contributed by atoms with Crippen molar-refractivity contribution in [2.45, 2.75) is 33.2 Å². The van der Waals surface area contributed by atoms with Crippen molar-refractivity contribution in [1.82, 2.24) is 5.32 Å². The third-order valence-corrected chi connectivity index (χ3v) is 2.58. The van der Waals surface area contributed by atoms with Gasteiger partial charge in [0.15, 0.2) is 0 Å². The smallest absolute Gasteiger partial charge is 0.252 e. The molecule has 0 aliphatic heterocycles. The number of ether oxygens (including phenoxy) is 1. The molecule has 1 unspecified atom stereocenters. The van der Waals surface area contributed by atoms with E-state index in [2.05, 4.69) is 11.4 Å². The maximum Gasteiger partial charge on any atom is 0.252 e. The van der Waals surface area contributed by atoms with Crippen LogP contribution in [0.2, 0.25) is 0 Å². The number of nitrogens with one attached hydrogen (secondary N) is 1. The van der Waals surface area contributed by atoms with E-state index in [4.69, 9.17) is 10.00 Å². The highest BCUT2D eigenvalue weighted by molar-refractivity contribution is 5.94. The first-order chi connectivity index (χ1) is 9.06. The van der Waals surface area contributed by atoms with Crippen molar-refractivity contribution < 1.29 is 9.53 Å². The Morgan fingerprint density at radius 3 is 2.79 bits per heavy atom. The van der Waals surface area contributed by atoms with E-state index in [1.807, 2.05) is 20.8 Å². The highest BCUT2D eigenvalue weighted by Gasteiger charge is 2.14. The molecule has 0 heterocycles. The summed E-state index contributed by atoms with van der Waals surface area (Å²) in [5.41, 5.74) is 0.509. The lowest BCUT2D eigenvalue weighted by Crippen LogP contribution is -2.34. The summed E-state index contributed by atoms with van der Waals surface area (Å²) in [5, 5.41) is 11.7. The van der Waals surface area contributed by atoms with Gasteiger partial charge in [0.05, 0.1) is 12.7 Å². The number of amides is 1. The van der Waals surface area contributed by atoms with Gasteiger partial charge in [0, 0.05) is 5.56 Å². The van der Waals surface area contributed by atoms with Gasteiger partial charge >= 0.3 is 0 Å². The van der Waals surface area contributed by atoms with Gasteiger partial charge in [0.25, 0.3) is 5.91 Å². The summed E-state index contributed by atoms with van der Waals surface area (Å²) < 4.78 is 5.35. The molecule has 1 aromatic carbocycles. The minimum absolute atomic E-state index is 0.242. The fourth-order valence-electron chi connectivity index (χ4n) is 1.75. The number of carbonyl (C=O) groups excluding carboxylic acids is 1. The predicted molar refractivity (Wildman–Crippen MR) is 73.9 cm³/mol. The second kappa shape index (κ2) is 7.42. The summed E-state index contributed by atoms with van der Waals surface area (Å²) in [6.45, 7) is 6.48. The minimum atomic E-state index is -0.455. The Labute approximate surface area is 114 Å². The van der Waals surface area contributed by atoms with Crippen molar-refractivity contribution in [3.8, 4) is 11.8 Å². The Morgan fingerprint density at radius 2 is 2.21 bits per heavy atom. The molecule has 1 amide bonds. The first-order valence-corrected chi connectivity index (χ1v) is 6.50. The highest BCUT2D eigenvalue weighted by Crippen LogP contribution is 2.13. The van der Waals surface area contributed by atoms with Crippen LogP contribution in [0, 0.1) is 17.2 Å². The van der Waals surface area contributed by atoms with E-state index in [-0.39, 0.29) is 5.91 Å². The lowest BCUT2D eigenvalue weighted by atomic mass is 10.0. The van der Waals surface area contributed by atoms with E-state index in [0.29, 0.717) is 30.3 Å². The molecule has 1 N–H and O–H groups in total. The molecule has 0 fully saturated rings. The monoisotopic (exact) mass is 260 g/mol. The van der Waals surface area contributed by atoms with E-state index in [0.717, 1.165) is 0 Å². The van der Waals surface area contributed by atoms with Crippen LogP contribution in [0.1, 0.15) is 37.6 Å². The SMILES string of the molecule is CCOc1cccc(C(=O)NC(C#N)CC(C)C)c1. The van der Waals surface area contributed by atoms with Crippen LogP contribution in [0.5, 0.6) is 5.75 Å². The summed E-state index contributed by atoms with van der Waals surface area (Å²) in [7, 11) is 0. The largest absolute Gasteiger partial charge is 0.494 e. The van der Waals surface area contributed by atoms with E-state index in [1.54, 1.807) is 24.3 Å². The van der Waals surface area contributed by atoms with Gasteiger partial charge in [-0.15, -0.1) is 0 Å². The van der Waals surface area contributed by atoms with Gasteiger partial charge in [-0.2, -0.15) is 5.26 Å². The lowest BCUT2D eigenvalue weighted by molar-refractivity contribution is 0.0941. The molecular formula is C15H20N2O2. The molecule has 1 aromatic rings.